The van der Waals surface area contributed by atoms with Gasteiger partial charge in [-0.2, -0.15) is 0 Å². The van der Waals surface area contributed by atoms with Gasteiger partial charge in [0.25, 0.3) is 0 Å². The summed E-state index contributed by atoms with van der Waals surface area (Å²) in [7, 11) is 0. The first-order chi connectivity index (χ1) is 2.91. The molecule has 0 unspecified atom stereocenters. The van der Waals surface area contributed by atoms with E-state index >= 15 is 0 Å². The van der Waals surface area contributed by atoms with Gasteiger partial charge in [-0.15, -0.1) is 12.4 Å². The van der Waals surface area contributed by atoms with Crippen LogP contribution in [0.5, 0.6) is 0 Å². The maximum absolute atomic E-state index is 7.84. The number of rotatable bonds is 2. The normalized spacial score (nSPS) is 8.86. The first kappa shape index (κ1) is 10.3. The molecule has 0 bridgehead atoms. The molecule has 0 heterocycles. The summed E-state index contributed by atoms with van der Waals surface area (Å²) >= 11 is 5.05. The Labute approximate surface area is 53.5 Å². The smallest absolute Gasteiger partial charge is 0.0399 e. The summed E-state index contributed by atoms with van der Waals surface area (Å²) in [6.45, 7) is 0.406. The lowest BCUT2D eigenvalue weighted by Crippen LogP contribution is -2.04. The molecule has 0 radical (unpaired) electrons. The standard InChI is InChI=1S/C3H6ClNO.ClH/c4-2-1-3-5-6;/h1-2,5-6H,3H2;1H. The van der Waals surface area contributed by atoms with E-state index in [0.717, 1.165) is 0 Å². The van der Waals surface area contributed by atoms with Crippen molar-refractivity contribution in [2.45, 2.75) is 0 Å². The van der Waals surface area contributed by atoms with Gasteiger partial charge in [0, 0.05) is 12.1 Å². The van der Waals surface area contributed by atoms with Gasteiger partial charge >= 0.3 is 0 Å². The molecule has 0 aromatic rings. The fourth-order valence-corrected chi connectivity index (χ4v) is 0.186. The van der Waals surface area contributed by atoms with Gasteiger partial charge in [-0.3, -0.25) is 0 Å². The quantitative estimate of drug-likeness (QED) is 0.569. The van der Waals surface area contributed by atoms with E-state index in [2.05, 4.69) is 0 Å². The Balaban J connectivity index is 0. The molecule has 0 saturated carbocycles. The minimum atomic E-state index is 0. The number of halogens is 2. The Hall–Kier alpha value is 0.240. The molecule has 0 aromatic carbocycles. The molecule has 44 valence electrons. The van der Waals surface area contributed by atoms with E-state index in [-0.39, 0.29) is 12.4 Å². The molecule has 0 amide bonds. The fraction of sp³-hybridized carbons (Fsp3) is 0.333. The Kier molecular flexibility index (Phi) is 14.0. The van der Waals surface area contributed by atoms with Crippen molar-refractivity contribution in [2.75, 3.05) is 6.54 Å². The highest BCUT2D eigenvalue weighted by atomic mass is 35.5. The summed E-state index contributed by atoms with van der Waals surface area (Å²) in [5, 5.41) is 7.84. The van der Waals surface area contributed by atoms with Crippen molar-refractivity contribution in [1.82, 2.24) is 5.48 Å². The number of hydroxylamine groups is 1. The zero-order valence-electron chi connectivity index (χ0n) is 3.60. The van der Waals surface area contributed by atoms with Crippen LogP contribution in [-0.4, -0.2) is 11.8 Å². The Morgan fingerprint density at radius 3 is 2.43 bits per heavy atom. The average Bonchev–Trinajstić information content (AvgIpc) is 1.61. The maximum atomic E-state index is 7.84. The van der Waals surface area contributed by atoms with Gasteiger partial charge in [0.05, 0.1) is 0 Å². The molecule has 0 aliphatic carbocycles. The molecule has 0 aromatic heterocycles. The molecular weight excluding hydrogens is 137 g/mol. The van der Waals surface area contributed by atoms with Crippen LogP contribution in [0.3, 0.4) is 0 Å². The minimum Gasteiger partial charge on any atom is -0.317 e. The van der Waals surface area contributed by atoms with Crippen molar-refractivity contribution in [2.24, 2.45) is 0 Å². The third-order valence-electron chi connectivity index (χ3n) is 0.298. The molecule has 0 rings (SSSR count). The third-order valence-corrected chi connectivity index (χ3v) is 0.476. The molecular formula is C3H7Cl2NO. The van der Waals surface area contributed by atoms with Crippen LogP contribution in [0, 0.1) is 0 Å². The minimum absolute atomic E-state index is 0. The van der Waals surface area contributed by atoms with E-state index in [1.54, 1.807) is 6.08 Å². The molecule has 0 aliphatic heterocycles. The lowest BCUT2D eigenvalue weighted by molar-refractivity contribution is 0.179. The predicted molar refractivity (Wildman–Crippen MR) is 32.0 cm³/mol. The van der Waals surface area contributed by atoms with Crippen molar-refractivity contribution in [1.29, 1.82) is 0 Å². The molecule has 0 aliphatic rings. The number of hydrogen-bond donors (Lipinski definition) is 2. The highest BCUT2D eigenvalue weighted by molar-refractivity contribution is 6.25. The van der Waals surface area contributed by atoms with Crippen molar-refractivity contribution in [3.8, 4) is 0 Å². The van der Waals surface area contributed by atoms with Crippen LogP contribution in [0.1, 0.15) is 0 Å². The molecule has 0 saturated heterocycles. The molecule has 0 spiro atoms. The van der Waals surface area contributed by atoms with Crippen molar-refractivity contribution >= 4 is 24.0 Å². The van der Waals surface area contributed by atoms with Crippen molar-refractivity contribution in [3.05, 3.63) is 11.6 Å². The van der Waals surface area contributed by atoms with Gasteiger partial charge < -0.3 is 5.21 Å². The van der Waals surface area contributed by atoms with Crippen LogP contribution in [0.15, 0.2) is 11.6 Å². The van der Waals surface area contributed by atoms with Gasteiger partial charge in [-0.25, -0.2) is 5.48 Å². The predicted octanol–water partition coefficient (Wildman–Crippen LogP) is 1.14. The van der Waals surface area contributed by atoms with Gasteiger partial charge in [-0.05, 0) is 0 Å². The van der Waals surface area contributed by atoms with Crippen LogP contribution in [0.4, 0.5) is 0 Å². The van der Waals surface area contributed by atoms with Crippen LogP contribution in [0.2, 0.25) is 0 Å². The highest BCUT2D eigenvalue weighted by Gasteiger charge is 1.63. The molecule has 7 heavy (non-hydrogen) atoms. The van der Waals surface area contributed by atoms with Crippen LogP contribution in [-0.2, 0) is 0 Å². The summed E-state index contributed by atoms with van der Waals surface area (Å²) in [5.74, 6) is 0. The fourth-order valence-electron chi connectivity index (χ4n) is 0.0972. The zero-order chi connectivity index (χ0) is 4.83. The van der Waals surface area contributed by atoms with Crippen LogP contribution in [0.25, 0.3) is 0 Å². The molecule has 4 heteroatoms. The maximum Gasteiger partial charge on any atom is 0.0399 e. The summed E-state index contributed by atoms with van der Waals surface area (Å²) < 4.78 is 0. The molecule has 0 atom stereocenters. The second kappa shape index (κ2) is 9.53. The first-order valence-electron chi connectivity index (χ1n) is 1.54. The summed E-state index contributed by atoms with van der Waals surface area (Å²) in [5.41, 5.74) is 3.23. The molecule has 0 fully saturated rings. The monoisotopic (exact) mass is 143 g/mol. The Morgan fingerprint density at radius 2 is 2.29 bits per heavy atom. The SMILES string of the molecule is Cl.ONCC=CCl. The van der Waals surface area contributed by atoms with E-state index in [1.807, 2.05) is 5.48 Å². The van der Waals surface area contributed by atoms with E-state index < -0.39 is 0 Å². The van der Waals surface area contributed by atoms with Crippen LogP contribution < -0.4 is 5.48 Å². The lowest BCUT2D eigenvalue weighted by Gasteiger charge is -1.80. The number of nitrogens with one attached hydrogen (secondary N) is 1. The Bertz CT molecular complexity index is 48.2. The van der Waals surface area contributed by atoms with Gasteiger partial charge in [0.2, 0.25) is 0 Å². The van der Waals surface area contributed by atoms with E-state index in [4.69, 9.17) is 16.8 Å². The second-order valence-corrected chi connectivity index (χ2v) is 0.976. The summed E-state index contributed by atoms with van der Waals surface area (Å²) in [4.78, 5) is 0. The average molecular weight is 144 g/mol. The van der Waals surface area contributed by atoms with Crippen molar-refractivity contribution < 1.29 is 5.21 Å². The topological polar surface area (TPSA) is 32.3 Å². The molecule has 2 N–H and O–H groups in total. The molecule has 2 nitrogen and oxygen atoms in total. The second-order valence-electron chi connectivity index (χ2n) is 0.724. The third kappa shape index (κ3) is 10.7. The van der Waals surface area contributed by atoms with Gasteiger partial charge in [0.15, 0.2) is 0 Å². The lowest BCUT2D eigenvalue weighted by atomic mass is 10.7. The largest absolute Gasteiger partial charge is 0.317 e. The van der Waals surface area contributed by atoms with Gasteiger partial charge in [-0.1, -0.05) is 17.7 Å². The zero-order valence-corrected chi connectivity index (χ0v) is 5.17. The number of hydrogen-bond acceptors (Lipinski definition) is 2. The van der Waals surface area contributed by atoms with Crippen molar-refractivity contribution in [3.63, 3.8) is 0 Å². The van der Waals surface area contributed by atoms with Gasteiger partial charge in [0.1, 0.15) is 0 Å². The van der Waals surface area contributed by atoms with E-state index in [0.29, 0.717) is 6.54 Å². The van der Waals surface area contributed by atoms with Crippen LogP contribution >= 0.6 is 24.0 Å². The summed E-state index contributed by atoms with van der Waals surface area (Å²) in [6, 6.07) is 0. The summed E-state index contributed by atoms with van der Waals surface area (Å²) in [6.07, 6.45) is 1.58. The van der Waals surface area contributed by atoms with E-state index in [1.165, 1.54) is 5.54 Å². The Morgan fingerprint density at radius 1 is 1.71 bits per heavy atom. The first-order valence-corrected chi connectivity index (χ1v) is 1.97. The highest BCUT2D eigenvalue weighted by Crippen LogP contribution is 1.72. The van der Waals surface area contributed by atoms with E-state index in [9.17, 15) is 0 Å².